The molecule has 1 radical (unpaired) electrons. The maximum Gasteiger partial charge on any atom is 0.121 e. The number of aromatic nitrogens is 2. The van der Waals surface area contributed by atoms with Crippen LogP contribution in [0, 0.1) is 39.5 Å². The Hall–Kier alpha value is -5.41. The third kappa shape index (κ3) is 7.32. The maximum atomic E-state index is 8.46. The summed E-state index contributed by atoms with van der Waals surface area (Å²) in [5, 5.41) is 6.31. The molecule has 56 heavy (non-hydrogen) atoms. The fourth-order valence-electron chi connectivity index (χ4n) is 7.20. The summed E-state index contributed by atoms with van der Waals surface area (Å²) in [6, 6.07) is 41.3. The molecule has 3 aromatic heterocycles. The molecular formula is C52H46IrN2O-2. The first-order valence-corrected chi connectivity index (χ1v) is 18.3. The molecule has 6 aromatic carbocycles. The molecule has 4 heteroatoms. The van der Waals surface area contributed by atoms with E-state index in [-0.39, 0.29) is 47.8 Å². The Balaban J connectivity index is 0.000000274. The minimum absolute atomic E-state index is 0. The van der Waals surface area contributed by atoms with E-state index in [9.17, 15) is 0 Å². The van der Waals surface area contributed by atoms with Crippen molar-refractivity contribution in [1.29, 1.82) is 0 Å². The summed E-state index contributed by atoms with van der Waals surface area (Å²) < 4.78 is 101. The molecule has 9 rings (SSSR count). The zero-order valence-corrected chi connectivity index (χ0v) is 33.6. The van der Waals surface area contributed by atoms with Crippen LogP contribution in [-0.2, 0) is 25.5 Å². The number of rotatable bonds is 6. The van der Waals surface area contributed by atoms with Crippen LogP contribution >= 0.6 is 0 Å². The van der Waals surface area contributed by atoms with Crippen LogP contribution in [0.15, 0.2) is 132 Å². The molecule has 0 amide bonds. The Morgan fingerprint density at radius 3 is 2.20 bits per heavy atom. The molecule has 0 N–H and O–H groups in total. The summed E-state index contributed by atoms with van der Waals surface area (Å²) in [7, 11) is 0. The van der Waals surface area contributed by atoms with Gasteiger partial charge in [-0.25, -0.2) is 0 Å². The molecular weight excluding hydrogens is 861 g/mol. The number of aryl methyl sites for hydroxylation is 4. The van der Waals surface area contributed by atoms with E-state index in [0.29, 0.717) is 39.2 Å². The van der Waals surface area contributed by atoms with Crippen LogP contribution in [-0.4, -0.2) is 9.97 Å². The predicted molar refractivity (Wildman–Crippen MR) is 232 cm³/mol. The van der Waals surface area contributed by atoms with Gasteiger partial charge in [-0.2, -0.15) is 0 Å². The van der Waals surface area contributed by atoms with Gasteiger partial charge in [0.1, 0.15) is 5.58 Å². The maximum absolute atomic E-state index is 8.46. The van der Waals surface area contributed by atoms with E-state index in [1.54, 1.807) is 30.3 Å². The van der Waals surface area contributed by atoms with Crippen LogP contribution in [0.2, 0.25) is 0 Å². The number of furan rings is 1. The van der Waals surface area contributed by atoms with Crippen molar-refractivity contribution in [3.05, 3.63) is 168 Å². The second kappa shape index (κ2) is 16.0. The number of fused-ring (bicyclic) bond motifs is 6. The zero-order valence-electron chi connectivity index (χ0n) is 43.2. The van der Waals surface area contributed by atoms with E-state index in [4.69, 9.17) is 20.9 Å². The monoisotopic (exact) mass is 919 g/mol. The van der Waals surface area contributed by atoms with Crippen LogP contribution in [0.3, 0.4) is 0 Å². The van der Waals surface area contributed by atoms with Gasteiger partial charge in [0, 0.05) is 54.3 Å². The van der Waals surface area contributed by atoms with E-state index in [1.165, 1.54) is 30.6 Å². The standard InChI is InChI=1S/C39H34NO.C13H12N.Ir/c1-6-39(5,7-2)28-17-18-29(24(3)19-28)33-21-36(40-23-25(33)4)32-14-10-13-31-35-20-27-16-15-26-11-8-9-12-30(26)34(27)22-37(35)41-38(31)32;1-10-3-6-12(7-4-10)13-8-5-11(2)9-14-13;/h8-13,15-23H,6-7H2,1-5H3;3-6,8-9H,1-2H3;/q2*-1;/i3D3,4D3;1D3,2D3;. The van der Waals surface area contributed by atoms with Crippen LogP contribution in [0.5, 0.6) is 0 Å². The number of nitrogens with zero attached hydrogens (tertiary/aromatic N) is 2. The SMILES string of the molecule is [2H]C([2H])([2H])c1c[c-]c(-c2ccc(C([2H])([2H])[2H])cn2)cc1.[2H]C([2H])([2H])c1cnc(-c2[c-]ccc3c2oc2cc4c(ccc5ccccc54)cc23)cc1-c1ccc(C(C)(CC)CC)cc1C([2H])([2H])[2H].[Ir]. The van der Waals surface area contributed by atoms with Crippen molar-refractivity contribution in [2.24, 2.45) is 0 Å². The first-order valence-electron chi connectivity index (χ1n) is 24.3. The van der Waals surface area contributed by atoms with Crippen molar-refractivity contribution in [2.75, 3.05) is 0 Å². The van der Waals surface area contributed by atoms with Crippen LogP contribution in [0.4, 0.5) is 0 Å². The molecule has 0 fully saturated rings. The Bertz CT molecular complexity index is 3220. The van der Waals surface area contributed by atoms with Gasteiger partial charge in [0.15, 0.2) is 0 Å². The minimum atomic E-state index is -2.52. The van der Waals surface area contributed by atoms with Gasteiger partial charge in [-0.15, -0.1) is 53.6 Å². The summed E-state index contributed by atoms with van der Waals surface area (Å²) in [4.78, 5) is 8.68. The molecule has 0 aliphatic carbocycles. The van der Waals surface area contributed by atoms with Crippen molar-refractivity contribution in [1.82, 2.24) is 9.97 Å². The summed E-state index contributed by atoms with van der Waals surface area (Å²) in [5.74, 6) is 0. The molecule has 0 bridgehead atoms. The van der Waals surface area contributed by atoms with Crippen LogP contribution < -0.4 is 0 Å². The largest absolute Gasteiger partial charge is 0.501 e. The van der Waals surface area contributed by atoms with Crippen LogP contribution in [0.25, 0.3) is 77.1 Å². The van der Waals surface area contributed by atoms with Gasteiger partial charge in [0.05, 0.1) is 5.58 Å². The number of pyridine rings is 2. The second-order valence-electron chi connectivity index (χ2n) is 14.1. The normalized spacial score (nSPS) is 15.6. The molecule has 0 unspecified atom stereocenters. The van der Waals surface area contributed by atoms with E-state index >= 15 is 0 Å². The van der Waals surface area contributed by atoms with Crippen molar-refractivity contribution < 1.29 is 41.0 Å². The van der Waals surface area contributed by atoms with Crippen molar-refractivity contribution in [3.8, 4) is 33.6 Å². The average Bonchev–Trinajstić information content (AvgIpc) is 3.67. The Morgan fingerprint density at radius 2 is 1.45 bits per heavy atom. The number of hydrogen-bond acceptors (Lipinski definition) is 3. The van der Waals surface area contributed by atoms with Gasteiger partial charge >= 0.3 is 0 Å². The van der Waals surface area contributed by atoms with E-state index in [0.717, 1.165) is 56.3 Å². The van der Waals surface area contributed by atoms with Gasteiger partial charge in [-0.3, -0.25) is 0 Å². The first kappa shape index (κ1) is 26.4. The minimum Gasteiger partial charge on any atom is -0.501 e. The van der Waals surface area contributed by atoms with E-state index in [2.05, 4.69) is 79.3 Å². The molecule has 9 aromatic rings. The topological polar surface area (TPSA) is 38.9 Å². The summed E-state index contributed by atoms with van der Waals surface area (Å²) in [5.41, 5.74) is 5.34. The third-order valence-electron chi connectivity index (χ3n) is 10.9. The van der Waals surface area contributed by atoms with Crippen molar-refractivity contribution >= 4 is 43.5 Å². The molecule has 0 saturated heterocycles. The number of benzene rings is 6. The first-order chi connectivity index (χ1) is 31.5. The van der Waals surface area contributed by atoms with E-state index in [1.807, 2.05) is 30.3 Å². The average molecular weight is 919 g/mol. The summed E-state index contributed by atoms with van der Waals surface area (Å²) >= 11 is 0. The Morgan fingerprint density at radius 1 is 0.643 bits per heavy atom. The molecule has 0 spiro atoms. The van der Waals surface area contributed by atoms with Gasteiger partial charge in [-0.05, 0) is 117 Å². The molecule has 0 atom stereocenters. The van der Waals surface area contributed by atoms with E-state index < -0.39 is 27.4 Å². The summed E-state index contributed by atoms with van der Waals surface area (Å²) in [6.45, 7) is -3.03. The summed E-state index contributed by atoms with van der Waals surface area (Å²) in [6.07, 6.45) is 4.32. The fraction of sp³-hybridized carbons (Fsp3) is 0.192. The molecule has 0 aliphatic heterocycles. The zero-order chi connectivity index (χ0) is 48.3. The smallest absolute Gasteiger partial charge is 0.121 e. The third-order valence-corrected chi connectivity index (χ3v) is 10.9. The van der Waals surface area contributed by atoms with Crippen LogP contribution in [0.1, 0.15) is 77.9 Å². The molecule has 281 valence electrons. The number of hydrogen-bond donors (Lipinski definition) is 0. The molecule has 0 aliphatic rings. The van der Waals surface area contributed by atoms with Gasteiger partial charge in [-0.1, -0.05) is 111 Å². The quantitative estimate of drug-likeness (QED) is 0.123. The molecule has 3 heterocycles. The van der Waals surface area contributed by atoms with Gasteiger partial charge < -0.3 is 14.4 Å². The van der Waals surface area contributed by atoms with Gasteiger partial charge in [0.25, 0.3) is 0 Å². The van der Waals surface area contributed by atoms with Crippen molar-refractivity contribution in [3.63, 3.8) is 0 Å². The van der Waals surface area contributed by atoms with Gasteiger partial charge in [0.2, 0.25) is 0 Å². The predicted octanol–water partition coefficient (Wildman–Crippen LogP) is 14.3. The fourth-order valence-corrected chi connectivity index (χ4v) is 7.20. The molecule has 3 nitrogen and oxygen atoms in total. The Labute approximate surface area is 361 Å². The Kier molecular flexibility index (Phi) is 7.55. The van der Waals surface area contributed by atoms with Crippen molar-refractivity contribution in [2.45, 2.75) is 66.4 Å². The molecule has 0 saturated carbocycles. The second-order valence-corrected chi connectivity index (χ2v) is 14.1.